The molecule has 5 N–H and O–H groups in total. The number of hydrogen-bond acceptors (Lipinski definition) is 6. The summed E-state index contributed by atoms with van der Waals surface area (Å²) in [5.41, 5.74) is 13.5. The number of nitrogens with zero attached hydrogens (tertiary/aromatic N) is 2. The second-order valence-electron chi connectivity index (χ2n) is 7.36. The highest BCUT2D eigenvalue weighted by molar-refractivity contribution is 8.17. The van der Waals surface area contributed by atoms with Crippen LogP contribution < -0.4 is 16.8 Å². The number of allylic oxidation sites excluding steroid dienone is 1. The molecule has 0 fully saturated rings. The normalized spacial score (nSPS) is 21.4. The molecule has 2 aliphatic rings. The largest absolute Gasteiger partial charge is 0.397 e. The molecule has 150 valence electrons. The lowest BCUT2D eigenvalue weighted by Crippen LogP contribution is -2.32. The van der Waals surface area contributed by atoms with Crippen LogP contribution in [0.15, 0.2) is 52.0 Å². The molecule has 29 heavy (non-hydrogen) atoms. The lowest BCUT2D eigenvalue weighted by atomic mass is 9.79. The van der Waals surface area contributed by atoms with Crippen molar-refractivity contribution in [3.63, 3.8) is 0 Å². The van der Waals surface area contributed by atoms with Gasteiger partial charge in [-0.2, -0.15) is 0 Å². The maximum absolute atomic E-state index is 14.9. The van der Waals surface area contributed by atoms with Crippen LogP contribution in [-0.2, 0) is 5.54 Å². The van der Waals surface area contributed by atoms with E-state index in [1.54, 1.807) is 18.2 Å². The molecule has 1 aliphatic carbocycles. The third-order valence-corrected chi connectivity index (χ3v) is 6.33. The number of carbonyl (C=O) groups excluding carboxylic acids is 1. The van der Waals surface area contributed by atoms with Gasteiger partial charge >= 0.3 is 0 Å². The van der Waals surface area contributed by atoms with Gasteiger partial charge in [0.15, 0.2) is 5.17 Å². The number of aliphatic imine (C=N–C) groups is 1. The van der Waals surface area contributed by atoms with Crippen molar-refractivity contribution in [1.29, 1.82) is 0 Å². The second-order valence-corrected chi connectivity index (χ2v) is 8.47. The van der Waals surface area contributed by atoms with Crippen molar-refractivity contribution >= 4 is 34.2 Å². The van der Waals surface area contributed by atoms with Gasteiger partial charge in [0.25, 0.3) is 5.91 Å². The van der Waals surface area contributed by atoms with Gasteiger partial charge in [-0.25, -0.2) is 14.4 Å². The summed E-state index contributed by atoms with van der Waals surface area (Å²) in [4.78, 5) is 22.3. The topological polar surface area (TPSA) is 106 Å². The number of anilines is 2. The van der Waals surface area contributed by atoms with Crippen LogP contribution in [0, 0.1) is 5.82 Å². The highest BCUT2D eigenvalue weighted by Gasteiger charge is 2.39. The van der Waals surface area contributed by atoms with Gasteiger partial charge < -0.3 is 16.8 Å². The summed E-state index contributed by atoms with van der Waals surface area (Å²) in [6.07, 6.45) is 5.36. The minimum Gasteiger partial charge on any atom is -0.397 e. The number of halogens is 1. The van der Waals surface area contributed by atoms with Crippen LogP contribution in [0.4, 0.5) is 15.8 Å². The summed E-state index contributed by atoms with van der Waals surface area (Å²) in [5.74, 6) is -0.774. The Morgan fingerprint density at radius 3 is 2.76 bits per heavy atom. The monoisotopic (exact) mass is 411 g/mol. The molecular formula is C21H22FN5OS. The number of nitrogens with two attached hydrogens (primary N) is 2. The predicted octanol–water partition coefficient (Wildman–Crippen LogP) is 4.16. The van der Waals surface area contributed by atoms with Crippen LogP contribution in [0.2, 0.25) is 0 Å². The molecular weight excluding hydrogens is 389 g/mol. The Balaban J connectivity index is 1.69. The van der Waals surface area contributed by atoms with Crippen molar-refractivity contribution in [3.05, 3.63) is 64.1 Å². The average Bonchev–Trinajstić information content (AvgIpc) is 2.69. The third kappa shape index (κ3) is 3.72. The van der Waals surface area contributed by atoms with Crippen LogP contribution in [0.1, 0.15) is 48.7 Å². The minimum atomic E-state index is -0.880. The van der Waals surface area contributed by atoms with Crippen molar-refractivity contribution < 1.29 is 9.18 Å². The van der Waals surface area contributed by atoms with Gasteiger partial charge in [-0.1, -0.05) is 11.8 Å². The number of pyridine rings is 1. The van der Waals surface area contributed by atoms with Gasteiger partial charge in [0.05, 0.1) is 11.9 Å². The van der Waals surface area contributed by atoms with Crippen LogP contribution in [0.3, 0.4) is 0 Å². The molecule has 1 aromatic carbocycles. The fraction of sp³-hybridized carbons (Fsp3) is 0.286. The fourth-order valence-electron chi connectivity index (χ4n) is 3.88. The van der Waals surface area contributed by atoms with Gasteiger partial charge in [-0.05, 0) is 73.4 Å². The number of rotatable bonds is 3. The van der Waals surface area contributed by atoms with E-state index >= 15 is 0 Å². The average molecular weight is 412 g/mol. The van der Waals surface area contributed by atoms with Gasteiger partial charge in [0, 0.05) is 11.3 Å². The zero-order valence-electron chi connectivity index (χ0n) is 16.0. The standard InChI is InChI=1S/C21H22FN5OS/c1-21(14-4-2-3-5-18(14)29-20(24)27-21)15-10-13(7-8-16(15)22)26-19(28)17-9-6-12(23)11-25-17/h6-11H,2-5,23H2,1H3,(H2,24,27)(H,26,28)/t21-/m0/s1. The zero-order valence-corrected chi connectivity index (χ0v) is 16.9. The zero-order chi connectivity index (χ0) is 20.6. The number of amides is 1. The number of carbonyl (C=O) groups is 1. The van der Waals surface area contributed by atoms with Crippen LogP contribution in [-0.4, -0.2) is 16.1 Å². The Kier molecular flexibility index (Phi) is 5.04. The van der Waals surface area contributed by atoms with Crippen LogP contribution in [0.5, 0.6) is 0 Å². The van der Waals surface area contributed by atoms with E-state index in [9.17, 15) is 9.18 Å². The third-order valence-electron chi connectivity index (χ3n) is 5.33. The lowest BCUT2D eigenvalue weighted by Gasteiger charge is -2.37. The van der Waals surface area contributed by atoms with Crippen molar-refractivity contribution in [2.45, 2.75) is 38.1 Å². The molecule has 1 atom stereocenters. The van der Waals surface area contributed by atoms with Gasteiger partial charge in [0.2, 0.25) is 0 Å². The highest BCUT2D eigenvalue weighted by atomic mass is 32.2. The molecule has 1 aromatic heterocycles. The maximum Gasteiger partial charge on any atom is 0.274 e. The molecule has 8 heteroatoms. The first kappa shape index (κ1) is 19.4. The summed E-state index contributed by atoms with van der Waals surface area (Å²) < 4.78 is 14.9. The van der Waals surface area contributed by atoms with E-state index in [4.69, 9.17) is 11.5 Å². The van der Waals surface area contributed by atoms with E-state index in [-0.39, 0.29) is 11.5 Å². The summed E-state index contributed by atoms with van der Waals surface area (Å²) in [7, 11) is 0. The summed E-state index contributed by atoms with van der Waals surface area (Å²) in [5, 5.41) is 3.21. The predicted molar refractivity (Wildman–Crippen MR) is 115 cm³/mol. The number of benzene rings is 1. The van der Waals surface area contributed by atoms with E-state index in [1.165, 1.54) is 35.0 Å². The first-order chi connectivity index (χ1) is 13.9. The van der Waals surface area contributed by atoms with Crippen molar-refractivity contribution in [3.8, 4) is 0 Å². The summed E-state index contributed by atoms with van der Waals surface area (Å²) >= 11 is 1.48. The van der Waals surface area contributed by atoms with Gasteiger partial charge in [0.1, 0.15) is 17.1 Å². The van der Waals surface area contributed by atoms with Crippen molar-refractivity contribution in [2.24, 2.45) is 10.7 Å². The maximum atomic E-state index is 14.9. The quantitative estimate of drug-likeness (QED) is 0.703. The number of aromatic nitrogens is 1. The number of nitrogen functional groups attached to an aromatic ring is 1. The Hall–Kier alpha value is -2.87. The molecule has 0 saturated heterocycles. The van der Waals surface area contributed by atoms with Gasteiger partial charge in [-0.15, -0.1) is 0 Å². The smallest absolute Gasteiger partial charge is 0.274 e. The first-order valence-electron chi connectivity index (χ1n) is 9.45. The van der Waals surface area contributed by atoms with E-state index in [1.807, 2.05) is 6.92 Å². The van der Waals surface area contributed by atoms with Crippen molar-refractivity contribution in [2.75, 3.05) is 11.1 Å². The van der Waals surface area contributed by atoms with E-state index in [0.29, 0.717) is 22.1 Å². The van der Waals surface area contributed by atoms with E-state index < -0.39 is 11.4 Å². The number of thioether (sulfide) groups is 1. The van der Waals surface area contributed by atoms with Crippen LogP contribution in [0.25, 0.3) is 0 Å². The number of hydrogen-bond donors (Lipinski definition) is 3. The molecule has 6 nitrogen and oxygen atoms in total. The number of nitrogens with one attached hydrogen (secondary N) is 1. The fourth-order valence-corrected chi connectivity index (χ4v) is 5.03. The molecule has 1 amide bonds. The number of amidine groups is 1. The second kappa shape index (κ2) is 7.51. The molecule has 2 aromatic rings. The molecule has 0 bridgehead atoms. The summed E-state index contributed by atoms with van der Waals surface area (Å²) in [6.45, 7) is 1.89. The lowest BCUT2D eigenvalue weighted by molar-refractivity contribution is 0.102. The summed E-state index contributed by atoms with van der Waals surface area (Å²) in [6, 6.07) is 7.66. The molecule has 2 heterocycles. The SMILES string of the molecule is C[C@]1(c2cc(NC(=O)c3ccc(N)cn3)ccc2F)N=C(N)SC2=C1CCCC2. The van der Waals surface area contributed by atoms with Crippen molar-refractivity contribution in [1.82, 2.24) is 4.98 Å². The van der Waals surface area contributed by atoms with Gasteiger partial charge in [-0.3, -0.25) is 4.79 Å². The van der Waals surface area contributed by atoms with E-state index in [0.717, 1.165) is 31.3 Å². The molecule has 1 aliphatic heterocycles. The first-order valence-corrected chi connectivity index (χ1v) is 10.3. The molecule has 0 radical (unpaired) electrons. The molecule has 0 unspecified atom stereocenters. The molecule has 0 saturated carbocycles. The van der Waals surface area contributed by atoms with E-state index in [2.05, 4.69) is 15.3 Å². The Morgan fingerprint density at radius 2 is 2.00 bits per heavy atom. The Morgan fingerprint density at radius 1 is 1.21 bits per heavy atom. The van der Waals surface area contributed by atoms with Crippen LogP contribution >= 0.6 is 11.8 Å². The molecule has 0 spiro atoms. The minimum absolute atomic E-state index is 0.227. The Bertz CT molecular complexity index is 1030. The highest BCUT2D eigenvalue weighted by Crippen LogP contribution is 2.49. The Labute approximate surface area is 172 Å². The molecule has 4 rings (SSSR count).